The van der Waals surface area contributed by atoms with Crippen LogP contribution in [0.25, 0.3) is 76.9 Å². The summed E-state index contributed by atoms with van der Waals surface area (Å²) in [5.74, 6) is 0. The molecule has 0 saturated carbocycles. The molecule has 0 saturated heterocycles. The summed E-state index contributed by atoms with van der Waals surface area (Å²) >= 11 is 0. The van der Waals surface area contributed by atoms with Crippen molar-refractivity contribution in [2.75, 3.05) is 4.90 Å². The largest absolute Gasteiger partial charge is 0.456 e. The van der Waals surface area contributed by atoms with Crippen molar-refractivity contribution in [3.63, 3.8) is 0 Å². The Hall–Kier alpha value is -6.90. The predicted molar refractivity (Wildman–Crippen MR) is 220 cm³/mol. The lowest BCUT2D eigenvalue weighted by Crippen LogP contribution is -2.09. The molecule has 0 aliphatic rings. The van der Waals surface area contributed by atoms with Gasteiger partial charge in [-0.1, -0.05) is 140 Å². The summed E-state index contributed by atoms with van der Waals surface area (Å²) in [6.07, 6.45) is 0. The molecule has 0 spiro atoms. The Labute approximate surface area is 302 Å². The molecule has 0 fully saturated rings. The first-order chi connectivity index (χ1) is 25.7. The Balaban J connectivity index is 1.03. The van der Waals surface area contributed by atoms with Crippen molar-refractivity contribution in [2.24, 2.45) is 0 Å². The lowest BCUT2D eigenvalue weighted by atomic mass is 9.98. The average Bonchev–Trinajstić information content (AvgIpc) is 3.58. The molecule has 0 aliphatic heterocycles. The number of anilines is 3. The van der Waals surface area contributed by atoms with Crippen molar-refractivity contribution >= 4 is 60.5 Å². The van der Waals surface area contributed by atoms with Crippen molar-refractivity contribution in [2.45, 2.75) is 0 Å². The smallest absolute Gasteiger partial charge is 0.136 e. The molecule has 1 heterocycles. The van der Waals surface area contributed by atoms with Gasteiger partial charge in [0.25, 0.3) is 0 Å². The maximum absolute atomic E-state index is 6.15. The summed E-state index contributed by atoms with van der Waals surface area (Å²) in [5, 5.41) is 7.18. The van der Waals surface area contributed by atoms with Crippen LogP contribution in [0.1, 0.15) is 0 Å². The maximum atomic E-state index is 6.15. The van der Waals surface area contributed by atoms with Gasteiger partial charge in [-0.25, -0.2) is 0 Å². The quantitative estimate of drug-likeness (QED) is 0.176. The molecule has 0 radical (unpaired) electrons. The monoisotopic (exact) mass is 663 g/mol. The normalized spacial score (nSPS) is 11.5. The summed E-state index contributed by atoms with van der Waals surface area (Å²) in [7, 11) is 0. The fourth-order valence-corrected chi connectivity index (χ4v) is 7.60. The second kappa shape index (κ2) is 12.5. The molecule has 0 atom stereocenters. The van der Waals surface area contributed by atoms with Crippen molar-refractivity contribution in [3.8, 4) is 33.4 Å². The first-order valence-corrected chi connectivity index (χ1v) is 17.7. The van der Waals surface area contributed by atoms with E-state index in [4.69, 9.17) is 4.42 Å². The van der Waals surface area contributed by atoms with Crippen LogP contribution in [0.5, 0.6) is 0 Å². The molecular formula is C50H33NO. The molecule has 9 aromatic carbocycles. The zero-order chi connectivity index (χ0) is 34.4. The van der Waals surface area contributed by atoms with Gasteiger partial charge in [-0.05, 0) is 116 Å². The fraction of sp³-hybridized carbons (Fsp3) is 0. The number of nitrogens with zero attached hydrogens (tertiary/aromatic N) is 1. The van der Waals surface area contributed by atoms with E-state index in [1.54, 1.807) is 0 Å². The number of hydrogen-bond acceptors (Lipinski definition) is 2. The van der Waals surface area contributed by atoms with Crippen LogP contribution in [0.4, 0.5) is 17.1 Å². The molecule has 2 nitrogen and oxygen atoms in total. The van der Waals surface area contributed by atoms with Gasteiger partial charge in [-0.3, -0.25) is 0 Å². The topological polar surface area (TPSA) is 16.4 Å². The number of fused-ring (bicyclic) bond motifs is 5. The van der Waals surface area contributed by atoms with Gasteiger partial charge in [0.15, 0.2) is 0 Å². The highest BCUT2D eigenvalue weighted by Gasteiger charge is 2.15. The van der Waals surface area contributed by atoms with Crippen LogP contribution in [0, 0.1) is 0 Å². The van der Waals surface area contributed by atoms with E-state index in [9.17, 15) is 0 Å². The van der Waals surface area contributed by atoms with E-state index in [1.165, 1.54) is 54.9 Å². The second-order valence-corrected chi connectivity index (χ2v) is 13.4. The molecule has 52 heavy (non-hydrogen) atoms. The van der Waals surface area contributed by atoms with Crippen LogP contribution < -0.4 is 4.90 Å². The van der Waals surface area contributed by atoms with Gasteiger partial charge in [0.1, 0.15) is 11.2 Å². The highest BCUT2D eigenvalue weighted by Crippen LogP contribution is 2.39. The van der Waals surface area contributed by atoms with E-state index in [0.29, 0.717) is 0 Å². The Morgan fingerprint density at radius 2 is 0.846 bits per heavy atom. The minimum Gasteiger partial charge on any atom is -0.456 e. The molecule has 0 aliphatic carbocycles. The lowest BCUT2D eigenvalue weighted by molar-refractivity contribution is 0.669. The average molecular weight is 664 g/mol. The lowest BCUT2D eigenvalue weighted by Gasteiger charge is -2.26. The van der Waals surface area contributed by atoms with E-state index < -0.39 is 0 Å². The molecule has 0 amide bonds. The van der Waals surface area contributed by atoms with Gasteiger partial charge in [0, 0.05) is 27.8 Å². The van der Waals surface area contributed by atoms with Crippen LogP contribution in [-0.4, -0.2) is 0 Å². The summed E-state index contributed by atoms with van der Waals surface area (Å²) < 4.78 is 6.15. The fourth-order valence-electron chi connectivity index (χ4n) is 7.60. The summed E-state index contributed by atoms with van der Waals surface area (Å²) in [6, 6.07) is 71.8. The minimum atomic E-state index is 0.922. The summed E-state index contributed by atoms with van der Waals surface area (Å²) in [6.45, 7) is 0. The predicted octanol–water partition coefficient (Wildman–Crippen LogP) is 14.4. The van der Waals surface area contributed by atoms with Crippen LogP contribution in [0.3, 0.4) is 0 Å². The molecule has 0 unspecified atom stereocenters. The van der Waals surface area contributed by atoms with Crippen molar-refractivity contribution < 1.29 is 4.42 Å². The van der Waals surface area contributed by atoms with E-state index in [1.807, 2.05) is 12.1 Å². The molecule has 244 valence electrons. The number of furan rings is 1. The Kier molecular flexibility index (Phi) is 7.18. The van der Waals surface area contributed by atoms with Crippen LogP contribution in [0.15, 0.2) is 205 Å². The Morgan fingerprint density at radius 1 is 0.288 bits per heavy atom. The van der Waals surface area contributed by atoms with E-state index in [-0.39, 0.29) is 0 Å². The zero-order valence-corrected chi connectivity index (χ0v) is 28.4. The van der Waals surface area contributed by atoms with E-state index in [0.717, 1.165) is 39.0 Å². The maximum Gasteiger partial charge on any atom is 0.136 e. The molecule has 10 aromatic rings. The van der Waals surface area contributed by atoms with E-state index in [2.05, 4.69) is 193 Å². The van der Waals surface area contributed by atoms with Crippen molar-refractivity contribution in [1.82, 2.24) is 0 Å². The standard InChI is InChI=1S/C50H33NO/c1-2-9-34(10-3-1)35-19-25-42(26-20-35)51(44-29-23-38(24-30-44)46-15-8-12-37-11-4-5-13-45(37)46)43-27-21-36(22-28-43)39-17-18-40-33-50-48(32-41(40)31-39)47-14-6-7-16-49(47)52-50/h1-33H. The molecular weight excluding hydrogens is 631 g/mol. The molecule has 1 aromatic heterocycles. The highest BCUT2D eigenvalue weighted by atomic mass is 16.3. The van der Waals surface area contributed by atoms with Crippen molar-refractivity contribution in [1.29, 1.82) is 0 Å². The van der Waals surface area contributed by atoms with Crippen LogP contribution in [0.2, 0.25) is 0 Å². The van der Waals surface area contributed by atoms with Crippen LogP contribution in [-0.2, 0) is 0 Å². The zero-order valence-electron chi connectivity index (χ0n) is 28.4. The number of para-hydroxylation sites is 1. The highest BCUT2D eigenvalue weighted by molar-refractivity contribution is 6.10. The molecule has 2 heteroatoms. The SMILES string of the molecule is c1ccc(-c2ccc(N(c3ccc(-c4ccc5cc6oc7ccccc7c6cc5c4)cc3)c3ccc(-c4cccc5ccccc45)cc3)cc2)cc1. The van der Waals surface area contributed by atoms with Gasteiger partial charge in [-0.2, -0.15) is 0 Å². The van der Waals surface area contributed by atoms with Gasteiger partial charge < -0.3 is 9.32 Å². The molecule has 10 rings (SSSR count). The summed E-state index contributed by atoms with van der Waals surface area (Å²) in [5.41, 5.74) is 12.4. The summed E-state index contributed by atoms with van der Waals surface area (Å²) in [4.78, 5) is 2.34. The molecule has 0 N–H and O–H groups in total. The number of hydrogen-bond donors (Lipinski definition) is 0. The Bertz CT molecular complexity index is 2860. The third-order valence-electron chi connectivity index (χ3n) is 10.3. The van der Waals surface area contributed by atoms with Crippen molar-refractivity contribution in [3.05, 3.63) is 200 Å². The van der Waals surface area contributed by atoms with Gasteiger partial charge in [-0.15, -0.1) is 0 Å². The van der Waals surface area contributed by atoms with Gasteiger partial charge in [0.2, 0.25) is 0 Å². The third-order valence-corrected chi connectivity index (χ3v) is 10.3. The number of rotatable bonds is 6. The first-order valence-electron chi connectivity index (χ1n) is 17.7. The second-order valence-electron chi connectivity index (χ2n) is 13.4. The molecule has 0 bridgehead atoms. The van der Waals surface area contributed by atoms with Gasteiger partial charge in [0.05, 0.1) is 0 Å². The first kappa shape index (κ1) is 30.0. The number of benzene rings is 9. The van der Waals surface area contributed by atoms with Crippen LogP contribution >= 0.6 is 0 Å². The van der Waals surface area contributed by atoms with E-state index >= 15 is 0 Å². The minimum absolute atomic E-state index is 0.922. The van der Waals surface area contributed by atoms with Gasteiger partial charge >= 0.3 is 0 Å². The Morgan fingerprint density at radius 3 is 1.58 bits per heavy atom. The third kappa shape index (κ3) is 5.30.